The van der Waals surface area contributed by atoms with Gasteiger partial charge in [0.05, 0.1) is 11.4 Å². The lowest BCUT2D eigenvalue weighted by Crippen LogP contribution is -2.14. The summed E-state index contributed by atoms with van der Waals surface area (Å²) >= 11 is 0. The van der Waals surface area contributed by atoms with Crippen LogP contribution in [0.3, 0.4) is 0 Å². The molecule has 2 nitrogen and oxygen atoms in total. The third-order valence-corrected chi connectivity index (χ3v) is 2.47. The Bertz CT molecular complexity index is 293. The SMILES string of the molecule is CC(C)CCc1ccc(C(C)(C)C)nn1. The molecule has 1 heterocycles. The molecule has 1 aromatic heterocycles. The number of rotatable bonds is 3. The molecule has 0 atom stereocenters. The highest BCUT2D eigenvalue weighted by atomic mass is 15.1. The van der Waals surface area contributed by atoms with Crippen molar-refractivity contribution in [3.8, 4) is 0 Å². The van der Waals surface area contributed by atoms with Gasteiger partial charge in [-0.05, 0) is 30.9 Å². The Hall–Kier alpha value is -0.920. The number of aromatic nitrogens is 2. The Labute approximate surface area is 93.1 Å². The second-order valence-corrected chi connectivity index (χ2v) is 5.59. The molecule has 1 rings (SSSR count). The number of nitrogens with zero attached hydrogens (tertiary/aromatic N) is 2. The minimum Gasteiger partial charge on any atom is -0.155 e. The highest BCUT2D eigenvalue weighted by Crippen LogP contribution is 2.19. The third kappa shape index (κ3) is 3.98. The summed E-state index contributed by atoms with van der Waals surface area (Å²) in [5.74, 6) is 0.731. The van der Waals surface area contributed by atoms with Crippen molar-refractivity contribution in [3.05, 3.63) is 23.5 Å². The summed E-state index contributed by atoms with van der Waals surface area (Å²) in [7, 11) is 0. The van der Waals surface area contributed by atoms with Crippen LogP contribution in [0.4, 0.5) is 0 Å². The third-order valence-electron chi connectivity index (χ3n) is 2.47. The first-order valence-corrected chi connectivity index (χ1v) is 5.72. The normalized spacial score (nSPS) is 12.1. The summed E-state index contributed by atoms with van der Waals surface area (Å²) in [5, 5.41) is 8.55. The smallest absolute Gasteiger partial charge is 0.0684 e. The zero-order chi connectivity index (χ0) is 11.5. The van der Waals surface area contributed by atoms with Crippen molar-refractivity contribution in [2.45, 2.75) is 52.9 Å². The largest absolute Gasteiger partial charge is 0.155 e. The summed E-state index contributed by atoms with van der Waals surface area (Å²) in [5.41, 5.74) is 2.27. The maximum absolute atomic E-state index is 4.28. The molecule has 0 radical (unpaired) electrons. The van der Waals surface area contributed by atoms with E-state index in [0.717, 1.165) is 23.7 Å². The van der Waals surface area contributed by atoms with Gasteiger partial charge in [-0.25, -0.2) is 0 Å². The van der Waals surface area contributed by atoms with E-state index in [2.05, 4.69) is 56.9 Å². The molecule has 0 saturated heterocycles. The van der Waals surface area contributed by atoms with Crippen molar-refractivity contribution in [2.24, 2.45) is 5.92 Å². The molecular weight excluding hydrogens is 184 g/mol. The van der Waals surface area contributed by atoms with Crippen LogP contribution < -0.4 is 0 Å². The summed E-state index contributed by atoms with van der Waals surface area (Å²) in [6.07, 6.45) is 2.22. The minimum atomic E-state index is 0.101. The van der Waals surface area contributed by atoms with Gasteiger partial charge < -0.3 is 0 Å². The van der Waals surface area contributed by atoms with E-state index in [1.165, 1.54) is 6.42 Å². The first-order chi connectivity index (χ1) is 6.89. The average Bonchev–Trinajstić information content (AvgIpc) is 2.14. The van der Waals surface area contributed by atoms with Crippen LogP contribution in [0.15, 0.2) is 12.1 Å². The van der Waals surface area contributed by atoms with E-state index in [4.69, 9.17) is 0 Å². The van der Waals surface area contributed by atoms with Crippen LogP contribution in [0, 0.1) is 5.92 Å². The molecule has 0 saturated carbocycles. The van der Waals surface area contributed by atoms with Gasteiger partial charge in [0.1, 0.15) is 0 Å². The lowest BCUT2D eigenvalue weighted by Gasteiger charge is -2.16. The number of hydrogen-bond donors (Lipinski definition) is 0. The average molecular weight is 206 g/mol. The van der Waals surface area contributed by atoms with E-state index >= 15 is 0 Å². The maximum Gasteiger partial charge on any atom is 0.0684 e. The van der Waals surface area contributed by atoms with Crippen molar-refractivity contribution in [2.75, 3.05) is 0 Å². The molecule has 0 aliphatic carbocycles. The first-order valence-electron chi connectivity index (χ1n) is 5.72. The molecule has 0 fully saturated rings. The van der Waals surface area contributed by atoms with E-state index in [9.17, 15) is 0 Å². The molecule has 15 heavy (non-hydrogen) atoms. The van der Waals surface area contributed by atoms with E-state index in [-0.39, 0.29) is 5.41 Å². The predicted molar refractivity (Wildman–Crippen MR) is 63.9 cm³/mol. The fourth-order valence-electron chi connectivity index (χ4n) is 1.33. The number of hydrogen-bond acceptors (Lipinski definition) is 2. The maximum atomic E-state index is 4.28. The topological polar surface area (TPSA) is 25.8 Å². The fraction of sp³-hybridized carbons (Fsp3) is 0.692. The predicted octanol–water partition coefficient (Wildman–Crippen LogP) is 3.36. The highest BCUT2D eigenvalue weighted by molar-refractivity contribution is 5.14. The van der Waals surface area contributed by atoms with E-state index in [1.807, 2.05) is 0 Å². The Balaban J connectivity index is 2.65. The molecular formula is C13H22N2. The van der Waals surface area contributed by atoms with Gasteiger partial charge in [0, 0.05) is 5.41 Å². The standard InChI is InChI=1S/C13H22N2/c1-10(2)6-7-11-8-9-12(15-14-11)13(3,4)5/h8-10H,6-7H2,1-5H3. The molecule has 0 aromatic carbocycles. The molecule has 0 unspecified atom stereocenters. The highest BCUT2D eigenvalue weighted by Gasteiger charge is 2.15. The van der Waals surface area contributed by atoms with Crippen molar-refractivity contribution in [3.63, 3.8) is 0 Å². The summed E-state index contributed by atoms with van der Waals surface area (Å²) < 4.78 is 0. The summed E-state index contributed by atoms with van der Waals surface area (Å²) in [4.78, 5) is 0. The molecule has 0 aliphatic heterocycles. The van der Waals surface area contributed by atoms with E-state index < -0.39 is 0 Å². The van der Waals surface area contributed by atoms with Gasteiger partial charge in [-0.2, -0.15) is 10.2 Å². The van der Waals surface area contributed by atoms with Crippen LogP contribution in [-0.4, -0.2) is 10.2 Å². The van der Waals surface area contributed by atoms with Gasteiger partial charge in [0.25, 0.3) is 0 Å². The van der Waals surface area contributed by atoms with Gasteiger partial charge in [-0.15, -0.1) is 0 Å². The Morgan fingerprint density at radius 1 is 1.13 bits per heavy atom. The van der Waals surface area contributed by atoms with Crippen LogP contribution in [-0.2, 0) is 11.8 Å². The molecule has 0 amide bonds. The number of aryl methyl sites for hydroxylation is 1. The van der Waals surface area contributed by atoms with Gasteiger partial charge in [0.15, 0.2) is 0 Å². The van der Waals surface area contributed by atoms with Crippen LogP contribution in [0.25, 0.3) is 0 Å². The molecule has 0 N–H and O–H groups in total. The molecule has 1 aromatic rings. The Morgan fingerprint density at radius 2 is 1.80 bits per heavy atom. The minimum absolute atomic E-state index is 0.101. The molecule has 2 heteroatoms. The van der Waals surface area contributed by atoms with E-state index in [1.54, 1.807) is 0 Å². The van der Waals surface area contributed by atoms with Crippen LogP contribution in [0.5, 0.6) is 0 Å². The summed E-state index contributed by atoms with van der Waals surface area (Å²) in [6.45, 7) is 10.9. The second kappa shape index (κ2) is 4.73. The molecule has 0 bridgehead atoms. The zero-order valence-corrected chi connectivity index (χ0v) is 10.5. The van der Waals surface area contributed by atoms with Crippen molar-refractivity contribution >= 4 is 0 Å². The Morgan fingerprint density at radius 3 is 2.20 bits per heavy atom. The quantitative estimate of drug-likeness (QED) is 0.758. The van der Waals surface area contributed by atoms with Gasteiger partial charge in [0.2, 0.25) is 0 Å². The monoisotopic (exact) mass is 206 g/mol. The molecule has 0 aliphatic rings. The van der Waals surface area contributed by atoms with Crippen molar-refractivity contribution < 1.29 is 0 Å². The lowest BCUT2D eigenvalue weighted by atomic mass is 9.92. The van der Waals surface area contributed by atoms with Crippen LogP contribution in [0.1, 0.15) is 52.4 Å². The molecule has 84 valence electrons. The zero-order valence-electron chi connectivity index (χ0n) is 10.5. The molecule has 0 spiro atoms. The lowest BCUT2D eigenvalue weighted by molar-refractivity contribution is 0.547. The van der Waals surface area contributed by atoms with Gasteiger partial charge in [-0.3, -0.25) is 0 Å². The van der Waals surface area contributed by atoms with Crippen LogP contribution in [0.2, 0.25) is 0 Å². The van der Waals surface area contributed by atoms with Gasteiger partial charge in [-0.1, -0.05) is 34.6 Å². The first kappa shape index (κ1) is 12.2. The fourth-order valence-corrected chi connectivity index (χ4v) is 1.33. The van der Waals surface area contributed by atoms with Gasteiger partial charge >= 0.3 is 0 Å². The van der Waals surface area contributed by atoms with Crippen LogP contribution >= 0.6 is 0 Å². The van der Waals surface area contributed by atoms with Crippen molar-refractivity contribution in [1.29, 1.82) is 0 Å². The second-order valence-electron chi connectivity index (χ2n) is 5.59. The van der Waals surface area contributed by atoms with E-state index in [0.29, 0.717) is 0 Å². The van der Waals surface area contributed by atoms with Crippen molar-refractivity contribution in [1.82, 2.24) is 10.2 Å². The summed E-state index contributed by atoms with van der Waals surface area (Å²) in [6, 6.07) is 4.21. The Kier molecular flexibility index (Phi) is 3.83.